The van der Waals surface area contributed by atoms with Crippen LogP contribution in [0.15, 0.2) is 79.3 Å². The number of piperazine rings is 1. The van der Waals surface area contributed by atoms with Gasteiger partial charge in [0, 0.05) is 49.6 Å². The number of ether oxygens (including phenoxy) is 4. The van der Waals surface area contributed by atoms with Gasteiger partial charge in [-0.2, -0.15) is 0 Å². The van der Waals surface area contributed by atoms with Crippen molar-refractivity contribution < 1.29 is 23.7 Å². The van der Waals surface area contributed by atoms with Gasteiger partial charge in [-0.3, -0.25) is 4.79 Å². The van der Waals surface area contributed by atoms with Crippen molar-refractivity contribution in [1.82, 2.24) is 19.4 Å². The molecule has 1 aliphatic rings. The molecule has 220 valence electrons. The highest BCUT2D eigenvalue weighted by Crippen LogP contribution is 2.39. The van der Waals surface area contributed by atoms with Crippen molar-refractivity contribution in [3.8, 4) is 39.8 Å². The predicted octanol–water partition coefficient (Wildman–Crippen LogP) is 5.08. The first-order valence-electron chi connectivity index (χ1n) is 14.0. The number of rotatable bonds is 8. The molecule has 3 heterocycles. The number of nitrogens with zero attached hydrogens (tertiary/aromatic N) is 5. The van der Waals surface area contributed by atoms with Crippen LogP contribution in [0.5, 0.6) is 23.0 Å². The molecular weight excluding hydrogens is 546 g/mol. The van der Waals surface area contributed by atoms with Gasteiger partial charge >= 0.3 is 0 Å². The van der Waals surface area contributed by atoms with Gasteiger partial charge in [0.15, 0.2) is 17.1 Å². The number of carbonyl (C=O) groups is 1. The molecule has 0 aliphatic carbocycles. The molecule has 10 heteroatoms. The van der Waals surface area contributed by atoms with E-state index in [-0.39, 0.29) is 5.91 Å². The molecule has 0 unspecified atom stereocenters. The van der Waals surface area contributed by atoms with Crippen LogP contribution in [-0.2, 0) is 0 Å². The molecule has 3 aromatic carbocycles. The summed E-state index contributed by atoms with van der Waals surface area (Å²) < 4.78 is 23.9. The first-order chi connectivity index (χ1) is 21.1. The van der Waals surface area contributed by atoms with Crippen LogP contribution < -0.4 is 23.8 Å². The van der Waals surface area contributed by atoms with Crippen molar-refractivity contribution in [2.45, 2.75) is 0 Å². The summed E-state index contributed by atoms with van der Waals surface area (Å²) in [5.41, 5.74) is 4.32. The van der Waals surface area contributed by atoms with Crippen LogP contribution >= 0.6 is 0 Å². The lowest BCUT2D eigenvalue weighted by Crippen LogP contribution is -2.49. The van der Waals surface area contributed by atoms with Gasteiger partial charge in [0.1, 0.15) is 17.9 Å². The normalized spacial score (nSPS) is 13.2. The van der Waals surface area contributed by atoms with E-state index < -0.39 is 0 Å². The lowest BCUT2D eigenvalue weighted by Gasteiger charge is -2.36. The number of carbonyl (C=O) groups excluding carboxylic acids is 1. The highest BCUT2D eigenvalue weighted by Gasteiger charge is 2.28. The zero-order valence-electron chi connectivity index (χ0n) is 24.6. The minimum atomic E-state index is -0.0964. The maximum atomic E-state index is 13.6. The van der Waals surface area contributed by atoms with Gasteiger partial charge in [-0.25, -0.2) is 9.97 Å². The third kappa shape index (κ3) is 5.16. The molecule has 0 radical (unpaired) electrons. The number of hydrogen-bond donors (Lipinski definition) is 0. The highest BCUT2D eigenvalue weighted by atomic mass is 16.5. The molecule has 0 spiro atoms. The van der Waals surface area contributed by atoms with Crippen LogP contribution in [0.1, 0.15) is 10.4 Å². The largest absolute Gasteiger partial charge is 0.497 e. The molecule has 0 atom stereocenters. The average molecular weight is 580 g/mol. The third-order valence-corrected chi connectivity index (χ3v) is 7.76. The monoisotopic (exact) mass is 579 g/mol. The second-order valence-electron chi connectivity index (χ2n) is 10.1. The third-order valence-electron chi connectivity index (χ3n) is 7.76. The van der Waals surface area contributed by atoms with Gasteiger partial charge in [-0.1, -0.05) is 36.4 Å². The van der Waals surface area contributed by atoms with E-state index in [9.17, 15) is 4.79 Å². The molecule has 10 nitrogen and oxygen atoms in total. The smallest absolute Gasteiger partial charge is 0.254 e. The van der Waals surface area contributed by atoms with Gasteiger partial charge in [0.25, 0.3) is 5.91 Å². The molecule has 2 aromatic heterocycles. The maximum Gasteiger partial charge on any atom is 0.254 e. The fourth-order valence-corrected chi connectivity index (χ4v) is 5.59. The van der Waals surface area contributed by atoms with Gasteiger partial charge in [0.05, 0.1) is 39.5 Å². The van der Waals surface area contributed by atoms with Crippen molar-refractivity contribution in [3.63, 3.8) is 0 Å². The molecule has 5 aromatic rings. The van der Waals surface area contributed by atoms with Crippen molar-refractivity contribution >= 4 is 22.8 Å². The van der Waals surface area contributed by atoms with Crippen molar-refractivity contribution in [2.75, 3.05) is 59.5 Å². The second-order valence-corrected chi connectivity index (χ2v) is 10.1. The van der Waals surface area contributed by atoms with Crippen LogP contribution in [-0.4, -0.2) is 80.0 Å². The molecule has 0 bridgehead atoms. The molecular formula is C33H33N5O5. The second kappa shape index (κ2) is 11.9. The summed E-state index contributed by atoms with van der Waals surface area (Å²) in [6.45, 7) is 2.28. The van der Waals surface area contributed by atoms with Crippen LogP contribution in [0.4, 0.5) is 5.82 Å². The Balaban J connectivity index is 1.33. The zero-order valence-corrected chi connectivity index (χ0v) is 24.6. The fraction of sp³-hybridized carbons (Fsp3) is 0.242. The van der Waals surface area contributed by atoms with E-state index in [0.29, 0.717) is 49.0 Å². The summed E-state index contributed by atoms with van der Waals surface area (Å²) in [4.78, 5) is 27.1. The highest BCUT2D eigenvalue weighted by molar-refractivity contribution is 6.02. The predicted molar refractivity (Wildman–Crippen MR) is 165 cm³/mol. The summed E-state index contributed by atoms with van der Waals surface area (Å²) in [5.74, 6) is 2.85. The van der Waals surface area contributed by atoms with Gasteiger partial charge in [-0.15, -0.1) is 0 Å². The number of fused-ring (bicyclic) bond motifs is 1. The average Bonchev–Trinajstić information content (AvgIpc) is 3.48. The van der Waals surface area contributed by atoms with E-state index in [1.54, 1.807) is 32.7 Å². The van der Waals surface area contributed by atoms with E-state index in [1.165, 1.54) is 14.2 Å². The zero-order chi connectivity index (χ0) is 29.9. The van der Waals surface area contributed by atoms with Crippen LogP contribution in [0, 0.1) is 0 Å². The minimum Gasteiger partial charge on any atom is -0.497 e. The Morgan fingerprint density at radius 1 is 0.767 bits per heavy atom. The van der Waals surface area contributed by atoms with Gasteiger partial charge in [0.2, 0.25) is 5.75 Å². The molecule has 1 aliphatic heterocycles. The Kier molecular flexibility index (Phi) is 7.74. The molecule has 43 heavy (non-hydrogen) atoms. The van der Waals surface area contributed by atoms with E-state index >= 15 is 0 Å². The Hall–Kier alpha value is -5.25. The standard InChI is InChI=1S/C33H33N5O5/c1-40-25-12-8-11-24(19-25)38-20-26(22-9-6-5-7-10-22)29-31(34-21-35-32(29)38)36-13-15-37(16-14-36)33(39)23-17-27(41-2)30(43-4)28(18-23)42-3/h5-12,17-21H,13-16H2,1-4H3. The first kappa shape index (κ1) is 27.9. The molecule has 0 N–H and O–H groups in total. The van der Waals surface area contributed by atoms with Crippen LogP contribution in [0.2, 0.25) is 0 Å². The molecule has 1 fully saturated rings. The van der Waals surface area contributed by atoms with Gasteiger partial charge < -0.3 is 33.3 Å². The Bertz CT molecular complexity index is 1740. The summed E-state index contributed by atoms with van der Waals surface area (Å²) in [7, 11) is 6.28. The molecule has 0 saturated carbocycles. The molecule has 6 rings (SSSR count). The van der Waals surface area contributed by atoms with Gasteiger partial charge in [-0.05, 0) is 29.8 Å². The Morgan fingerprint density at radius 3 is 2.14 bits per heavy atom. The fourth-order valence-electron chi connectivity index (χ4n) is 5.59. The van der Waals surface area contributed by atoms with E-state index in [2.05, 4.69) is 27.8 Å². The lowest BCUT2D eigenvalue weighted by molar-refractivity contribution is 0.0745. The van der Waals surface area contributed by atoms with Crippen molar-refractivity contribution in [3.05, 3.63) is 84.8 Å². The molecule has 1 saturated heterocycles. The summed E-state index contributed by atoms with van der Waals surface area (Å²) in [5, 5.41) is 0.959. The summed E-state index contributed by atoms with van der Waals surface area (Å²) in [6.07, 6.45) is 3.72. The van der Waals surface area contributed by atoms with E-state index in [4.69, 9.17) is 28.9 Å². The lowest BCUT2D eigenvalue weighted by atomic mass is 10.1. The molecule has 1 amide bonds. The van der Waals surface area contributed by atoms with E-state index in [1.807, 2.05) is 47.4 Å². The van der Waals surface area contributed by atoms with Crippen LogP contribution in [0.25, 0.3) is 27.8 Å². The van der Waals surface area contributed by atoms with Crippen molar-refractivity contribution in [1.29, 1.82) is 0 Å². The summed E-state index contributed by atoms with van der Waals surface area (Å²) >= 11 is 0. The summed E-state index contributed by atoms with van der Waals surface area (Å²) in [6, 6.07) is 21.5. The number of methoxy groups -OCH3 is 4. The maximum absolute atomic E-state index is 13.6. The minimum absolute atomic E-state index is 0.0964. The Morgan fingerprint density at radius 2 is 1.49 bits per heavy atom. The Labute approximate surface area is 250 Å². The van der Waals surface area contributed by atoms with Crippen LogP contribution in [0.3, 0.4) is 0 Å². The van der Waals surface area contributed by atoms with Crippen molar-refractivity contribution in [2.24, 2.45) is 0 Å². The number of aromatic nitrogens is 3. The number of amides is 1. The number of benzene rings is 3. The SMILES string of the molecule is COc1cccc(-n2cc(-c3ccccc3)c3c(N4CCN(C(=O)c5cc(OC)c(OC)c(OC)c5)CC4)ncnc32)c1. The first-order valence-corrected chi connectivity index (χ1v) is 14.0. The van der Waals surface area contributed by atoms with E-state index in [0.717, 1.165) is 39.4 Å². The number of anilines is 1. The quantitative estimate of drug-likeness (QED) is 0.251. The topological polar surface area (TPSA) is 91.2 Å². The number of hydrogen-bond acceptors (Lipinski definition) is 8.